The second-order valence-electron chi connectivity index (χ2n) is 10.1. The largest absolute Gasteiger partial charge is 0.350 e. The topological polar surface area (TPSA) is 104 Å². The van der Waals surface area contributed by atoms with Gasteiger partial charge in [0.1, 0.15) is 5.69 Å². The minimum Gasteiger partial charge on any atom is -0.350 e. The van der Waals surface area contributed by atoms with Crippen LogP contribution < -0.4 is 10.0 Å². The number of aromatic amines is 1. The van der Waals surface area contributed by atoms with Crippen molar-refractivity contribution in [2.75, 3.05) is 10.0 Å². The number of hydrogen-bond acceptors (Lipinski definition) is 4. The first-order chi connectivity index (χ1) is 18.1. The first-order valence-corrected chi connectivity index (χ1v) is 13.7. The predicted molar refractivity (Wildman–Crippen MR) is 152 cm³/mol. The van der Waals surface area contributed by atoms with Gasteiger partial charge in [0.25, 0.3) is 15.9 Å². The molecule has 0 bridgehead atoms. The summed E-state index contributed by atoms with van der Waals surface area (Å²) in [6, 6.07) is 25.1. The second-order valence-corrected chi connectivity index (χ2v) is 11.8. The molecular formula is C30H28N4O3S. The van der Waals surface area contributed by atoms with Crippen molar-refractivity contribution in [2.45, 2.75) is 31.1 Å². The smallest absolute Gasteiger partial charge is 0.272 e. The van der Waals surface area contributed by atoms with E-state index < -0.39 is 10.0 Å². The summed E-state index contributed by atoms with van der Waals surface area (Å²) in [5, 5.41) is 3.59. The number of benzene rings is 3. The van der Waals surface area contributed by atoms with Crippen molar-refractivity contribution < 1.29 is 13.2 Å². The summed E-state index contributed by atoms with van der Waals surface area (Å²) in [5.74, 6) is -0.325. The monoisotopic (exact) mass is 524 g/mol. The molecule has 5 aromatic rings. The van der Waals surface area contributed by atoms with Gasteiger partial charge in [-0.2, -0.15) is 0 Å². The van der Waals surface area contributed by atoms with Crippen LogP contribution in [-0.4, -0.2) is 24.3 Å². The van der Waals surface area contributed by atoms with E-state index in [2.05, 4.69) is 40.8 Å². The molecule has 0 spiro atoms. The van der Waals surface area contributed by atoms with Crippen molar-refractivity contribution >= 4 is 38.2 Å². The lowest BCUT2D eigenvalue weighted by molar-refractivity contribution is 0.102. The summed E-state index contributed by atoms with van der Waals surface area (Å²) >= 11 is 0. The van der Waals surface area contributed by atoms with Crippen LogP contribution in [0.4, 0.5) is 11.4 Å². The fraction of sp³-hybridized carbons (Fsp3) is 0.133. The number of nitrogens with zero attached hydrogens (tertiary/aromatic N) is 1. The van der Waals surface area contributed by atoms with E-state index in [1.54, 1.807) is 54.9 Å². The van der Waals surface area contributed by atoms with Gasteiger partial charge in [-0.1, -0.05) is 63.2 Å². The SMILES string of the molecule is CC(C)(C)c1ccc(S(=O)(=O)Nc2ccc3[nH]c(C(=O)Nc4cccnc4)c(-c4ccccc4)c3c2)cc1. The lowest BCUT2D eigenvalue weighted by Crippen LogP contribution is -2.14. The van der Waals surface area contributed by atoms with Crippen LogP contribution in [0.5, 0.6) is 0 Å². The Labute approximate surface area is 222 Å². The van der Waals surface area contributed by atoms with E-state index in [4.69, 9.17) is 0 Å². The Morgan fingerprint density at radius 2 is 1.61 bits per heavy atom. The number of H-pyrrole nitrogens is 1. The summed E-state index contributed by atoms with van der Waals surface area (Å²) in [6.45, 7) is 6.24. The molecule has 5 rings (SSSR count). The zero-order valence-electron chi connectivity index (χ0n) is 21.3. The van der Waals surface area contributed by atoms with Crippen LogP contribution in [0.15, 0.2) is 102 Å². The van der Waals surface area contributed by atoms with Gasteiger partial charge in [0.05, 0.1) is 16.8 Å². The molecule has 8 heteroatoms. The number of amides is 1. The van der Waals surface area contributed by atoms with Gasteiger partial charge in [-0.15, -0.1) is 0 Å². The van der Waals surface area contributed by atoms with Crippen molar-refractivity contribution in [3.05, 3.63) is 109 Å². The molecule has 1 amide bonds. The number of anilines is 2. The average Bonchev–Trinajstić information content (AvgIpc) is 3.28. The Bertz CT molecular complexity index is 1710. The second kappa shape index (κ2) is 9.79. The van der Waals surface area contributed by atoms with Crippen molar-refractivity contribution in [3.63, 3.8) is 0 Å². The number of hydrogen-bond donors (Lipinski definition) is 3. The molecule has 3 aromatic carbocycles. The zero-order chi connectivity index (χ0) is 26.9. The van der Waals surface area contributed by atoms with E-state index in [1.807, 2.05) is 42.5 Å². The highest BCUT2D eigenvalue weighted by atomic mass is 32.2. The third-order valence-corrected chi connectivity index (χ3v) is 7.69. The van der Waals surface area contributed by atoms with Crippen LogP contribution in [0.1, 0.15) is 36.8 Å². The van der Waals surface area contributed by atoms with Crippen LogP contribution in [0.25, 0.3) is 22.0 Å². The highest BCUT2D eigenvalue weighted by Crippen LogP contribution is 2.35. The third kappa shape index (κ3) is 5.17. The maximum atomic E-state index is 13.3. The summed E-state index contributed by atoms with van der Waals surface area (Å²) in [6.07, 6.45) is 3.21. The van der Waals surface area contributed by atoms with Gasteiger partial charge in [-0.05, 0) is 59.0 Å². The third-order valence-electron chi connectivity index (χ3n) is 6.29. The van der Waals surface area contributed by atoms with Gasteiger partial charge in [0.15, 0.2) is 0 Å². The average molecular weight is 525 g/mol. The van der Waals surface area contributed by atoms with E-state index in [0.717, 1.165) is 16.5 Å². The van der Waals surface area contributed by atoms with E-state index in [1.165, 1.54) is 0 Å². The number of pyridine rings is 1. The molecule has 7 nitrogen and oxygen atoms in total. The number of nitrogens with one attached hydrogen (secondary N) is 3. The van der Waals surface area contributed by atoms with Crippen LogP contribution in [0, 0.1) is 0 Å². The molecule has 0 atom stereocenters. The van der Waals surface area contributed by atoms with E-state index in [-0.39, 0.29) is 16.2 Å². The van der Waals surface area contributed by atoms with Gasteiger partial charge in [-0.25, -0.2) is 8.42 Å². The predicted octanol–water partition coefficient (Wildman–Crippen LogP) is 6.58. The molecule has 0 aliphatic carbocycles. The highest BCUT2D eigenvalue weighted by Gasteiger charge is 2.22. The molecule has 2 aromatic heterocycles. The van der Waals surface area contributed by atoms with Gasteiger partial charge in [0.2, 0.25) is 0 Å². The van der Waals surface area contributed by atoms with Gasteiger partial charge in [0, 0.05) is 28.4 Å². The summed E-state index contributed by atoms with van der Waals surface area (Å²) in [4.78, 5) is 20.7. The number of fused-ring (bicyclic) bond motifs is 1. The Morgan fingerprint density at radius 1 is 0.868 bits per heavy atom. The minimum atomic E-state index is -3.82. The first-order valence-electron chi connectivity index (χ1n) is 12.2. The summed E-state index contributed by atoms with van der Waals surface area (Å²) in [7, 11) is -3.82. The fourth-order valence-corrected chi connectivity index (χ4v) is 5.36. The molecule has 192 valence electrons. The van der Waals surface area contributed by atoms with E-state index >= 15 is 0 Å². The normalized spacial score (nSPS) is 11.9. The number of carbonyl (C=O) groups is 1. The molecule has 0 aliphatic rings. The fourth-order valence-electron chi connectivity index (χ4n) is 4.31. The number of aromatic nitrogens is 2. The molecule has 0 fully saturated rings. The molecule has 0 saturated carbocycles. The van der Waals surface area contributed by atoms with Crippen molar-refractivity contribution in [2.24, 2.45) is 0 Å². The molecular weight excluding hydrogens is 496 g/mol. The summed E-state index contributed by atoms with van der Waals surface area (Å²) < 4.78 is 29.1. The van der Waals surface area contributed by atoms with Crippen LogP contribution in [0.3, 0.4) is 0 Å². The number of sulfonamides is 1. The first kappa shape index (κ1) is 25.2. The lowest BCUT2D eigenvalue weighted by atomic mass is 9.87. The summed E-state index contributed by atoms with van der Waals surface area (Å²) in [5.41, 5.74) is 4.52. The van der Waals surface area contributed by atoms with Crippen molar-refractivity contribution in [3.8, 4) is 11.1 Å². The lowest BCUT2D eigenvalue weighted by Gasteiger charge is -2.19. The van der Waals surface area contributed by atoms with Gasteiger partial charge in [-0.3, -0.25) is 14.5 Å². The van der Waals surface area contributed by atoms with Crippen molar-refractivity contribution in [1.29, 1.82) is 0 Å². The maximum Gasteiger partial charge on any atom is 0.272 e. The molecule has 2 heterocycles. The zero-order valence-corrected chi connectivity index (χ0v) is 22.1. The van der Waals surface area contributed by atoms with Crippen molar-refractivity contribution in [1.82, 2.24) is 9.97 Å². The van der Waals surface area contributed by atoms with Crippen LogP contribution >= 0.6 is 0 Å². The highest BCUT2D eigenvalue weighted by molar-refractivity contribution is 7.92. The van der Waals surface area contributed by atoms with Crippen LogP contribution in [-0.2, 0) is 15.4 Å². The standard InChI is InChI=1S/C30H28N4O3S/c1-30(2,3)21-11-14-24(15-12-21)38(36,37)34-22-13-16-26-25(18-22)27(20-8-5-4-6-9-20)28(33-26)29(35)32-23-10-7-17-31-19-23/h4-19,33-34H,1-3H3,(H,32,35). The molecule has 0 aliphatic heterocycles. The number of rotatable bonds is 6. The molecule has 0 radical (unpaired) electrons. The Kier molecular flexibility index (Phi) is 6.50. The Hall–Kier alpha value is -4.43. The maximum absolute atomic E-state index is 13.3. The molecule has 38 heavy (non-hydrogen) atoms. The molecule has 0 unspecified atom stereocenters. The Balaban J connectivity index is 1.53. The minimum absolute atomic E-state index is 0.0795. The Morgan fingerprint density at radius 3 is 2.26 bits per heavy atom. The van der Waals surface area contributed by atoms with E-state index in [0.29, 0.717) is 28.1 Å². The quantitative estimate of drug-likeness (QED) is 0.233. The van der Waals surface area contributed by atoms with Crippen LogP contribution in [0.2, 0.25) is 0 Å². The number of carbonyl (C=O) groups excluding carboxylic acids is 1. The van der Waals surface area contributed by atoms with Gasteiger partial charge < -0.3 is 10.3 Å². The van der Waals surface area contributed by atoms with Gasteiger partial charge >= 0.3 is 0 Å². The molecule has 0 saturated heterocycles. The van der Waals surface area contributed by atoms with E-state index in [9.17, 15) is 13.2 Å². The molecule has 3 N–H and O–H groups in total.